The molecule has 0 N–H and O–H groups in total. The van der Waals surface area contributed by atoms with Crippen LogP contribution in [0.15, 0.2) is 119 Å². The monoisotopic (exact) mass is 586 g/mol. The van der Waals surface area contributed by atoms with Gasteiger partial charge in [-0.15, -0.1) is 0 Å². The molecule has 0 amide bonds. The molecule has 0 unspecified atom stereocenters. The molecule has 6 rings (SSSR count). The van der Waals surface area contributed by atoms with Gasteiger partial charge in [0.15, 0.2) is 0 Å². The zero-order valence-electron chi connectivity index (χ0n) is 26.0. The number of aromatic nitrogens is 1. The number of nitrogens with zero attached hydrogens (tertiary/aromatic N) is 4. The van der Waals surface area contributed by atoms with Crippen LogP contribution in [-0.2, 0) is 6.54 Å². The maximum Gasteiger partial charge on any atom is 0.282 e. The number of quaternary nitrogens is 1. The van der Waals surface area contributed by atoms with E-state index in [0.717, 1.165) is 30.5 Å². The largest absolute Gasteiger partial charge is 0.338 e. The number of fused-ring (bicyclic) bond motifs is 2. The fourth-order valence-corrected chi connectivity index (χ4v) is 7.28. The van der Waals surface area contributed by atoms with Crippen molar-refractivity contribution in [1.29, 1.82) is 0 Å². The lowest BCUT2D eigenvalue weighted by atomic mass is 10.1. The van der Waals surface area contributed by atoms with E-state index < -0.39 is 0 Å². The molecule has 0 radical (unpaired) electrons. The van der Waals surface area contributed by atoms with Crippen molar-refractivity contribution in [2.45, 2.75) is 24.8 Å². The summed E-state index contributed by atoms with van der Waals surface area (Å²) in [4.78, 5) is 6.05. The summed E-state index contributed by atoms with van der Waals surface area (Å²) in [5, 5.41) is 2.49. The Kier molecular flexibility index (Phi) is 8.29. The number of rotatable bonds is 9. The van der Waals surface area contributed by atoms with Crippen molar-refractivity contribution in [1.82, 2.24) is 0 Å². The Labute approximate surface area is 261 Å². The van der Waals surface area contributed by atoms with Gasteiger partial charge in [0.2, 0.25) is 0 Å². The summed E-state index contributed by atoms with van der Waals surface area (Å²) >= 11 is 1.85. The number of anilines is 2. The number of pyridine rings is 1. The zero-order chi connectivity index (χ0) is 30.0. The van der Waals surface area contributed by atoms with Gasteiger partial charge in [-0.25, -0.2) is 0 Å². The van der Waals surface area contributed by atoms with Gasteiger partial charge in [-0.2, -0.15) is 4.57 Å². The van der Waals surface area contributed by atoms with Crippen LogP contribution in [0.1, 0.15) is 23.1 Å². The van der Waals surface area contributed by atoms with Crippen LogP contribution in [-0.4, -0.2) is 45.8 Å². The molecule has 43 heavy (non-hydrogen) atoms. The number of hydrogen-bond acceptors (Lipinski definition) is 3. The zero-order valence-corrected chi connectivity index (χ0v) is 26.8. The van der Waals surface area contributed by atoms with Crippen LogP contribution >= 0.6 is 11.8 Å². The van der Waals surface area contributed by atoms with E-state index in [9.17, 15) is 0 Å². The quantitative estimate of drug-likeness (QED) is 0.128. The first-order chi connectivity index (χ1) is 20.8. The molecular weight excluding hydrogens is 545 g/mol. The molecule has 0 aliphatic carbocycles. The molecule has 5 heteroatoms. The van der Waals surface area contributed by atoms with Gasteiger partial charge in [-0.3, -0.25) is 4.90 Å². The van der Waals surface area contributed by atoms with E-state index in [1.54, 1.807) is 0 Å². The molecule has 0 bridgehead atoms. The fraction of sp³-hybridized carbons (Fsp3) is 0.237. The lowest BCUT2D eigenvalue weighted by Crippen LogP contribution is -2.43. The minimum absolute atomic E-state index is 0.967. The molecule has 218 valence electrons. The van der Waals surface area contributed by atoms with Crippen molar-refractivity contribution in [2.75, 3.05) is 51.1 Å². The third-order valence-electron chi connectivity index (χ3n) is 8.38. The number of benzene rings is 4. The third kappa shape index (κ3) is 6.34. The summed E-state index contributed by atoms with van der Waals surface area (Å²) in [5.41, 5.74) is 7.63. The summed E-state index contributed by atoms with van der Waals surface area (Å²) in [7, 11) is 9.11. The van der Waals surface area contributed by atoms with Crippen molar-refractivity contribution < 1.29 is 9.05 Å². The lowest BCUT2D eigenvalue weighted by molar-refractivity contribution is -0.903. The van der Waals surface area contributed by atoms with E-state index >= 15 is 0 Å². The maximum absolute atomic E-state index is 2.44. The van der Waals surface area contributed by atoms with Crippen molar-refractivity contribution in [3.8, 4) is 5.69 Å². The second kappa shape index (κ2) is 12.3. The second-order valence-corrected chi connectivity index (χ2v) is 13.4. The molecule has 0 fully saturated rings. The highest BCUT2D eigenvalue weighted by molar-refractivity contribution is 8.03. The lowest BCUT2D eigenvalue weighted by Gasteiger charge is -2.30. The Morgan fingerprint density at radius 1 is 0.860 bits per heavy atom. The van der Waals surface area contributed by atoms with Gasteiger partial charge in [-0.1, -0.05) is 90.1 Å². The SMILES string of the molecule is Cc1cccc(C[N+](C)(C)CCCN(C)c2cc(C=C3Sc4ccccc4N3C)c3ccccc3[n+]2-c2ccccc2)c1. The van der Waals surface area contributed by atoms with Crippen LogP contribution in [0.4, 0.5) is 11.5 Å². The molecule has 1 aliphatic rings. The molecule has 4 aromatic carbocycles. The smallest absolute Gasteiger partial charge is 0.282 e. The highest BCUT2D eigenvalue weighted by atomic mass is 32.2. The molecule has 1 aliphatic heterocycles. The standard InChI is InChI=1S/C38H42N4S/c1-29-15-13-16-30(25-29)28-42(4,5)24-14-23-39(2)37-26-31(27-38-40(3)35-21-11-12-22-36(35)43-38)33-19-9-10-20-34(33)41(37)32-17-7-6-8-18-32/h6-13,15-22,25-27H,14,23-24,28H2,1-5H3/q+2. The Morgan fingerprint density at radius 3 is 2.40 bits per heavy atom. The molecule has 0 saturated carbocycles. The van der Waals surface area contributed by atoms with Gasteiger partial charge >= 0.3 is 0 Å². The van der Waals surface area contributed by atoms with Crippen molar-refractivity contribution in [3.63, 3.8) is 0 Å². The predicted molar refractivity (Wildman–Crippen MR) is 184 cm³/mol. The van der Waals surface area contributed by atoms with Crippen molar-refractivity contribution >= 4 is 40.2 Å². The number of thioether (sulfide) groups is 1. The normalized spacial score (nSPS) is 14.0. The Morgan fingerprint density at radius 2 is 1.60 bits per heavy atom. The first-order valence-corrected chi connectivity index (χ1v) is 15.9. The Balaban J connectivity index is 1.34. The molecule has 2 heterocycles. The third-order valence-corrected chi connectivity index (χ3v) is 9.54. The Bertz CT molecular complexity index is 1780. The number of hydrogen-bond donors (Lipinski definition) is 0. The van der Waals surface area contributed by atoms with E-state index in [1.165, 1.54) is 54.7 Å². The van der Waals surface area contributed by atoms with Crippen LogP contribution < -0.4 is 14.4 Å². The molecule has 4 nitrogen and oxygen atoms in total. The van der Waals surface area contributed by atoms with Crippen LogP contribution in [0, 0.1) is 6.92 Å². The summed E-state index contributed by atoms with van der Waals surface area (Å²) < 4.78 is 3.39. The van der Waals surface area contributed by atoms with E-state index in [1.807, 2.05) is 11.8 Å². The van der Waals surface area contributed by atoms with Crippen molar-refractivity contribution in [3.05, 3.63) is 131 Å². The topological polar surface area (TPSA) is 10.4 Å². The number of para-hydroxylation sites is 3. The average molecular weight is 587 g/mol. The fourth-order valence-electron chi connectivity index (χ4n) is 6.18. The highest BCUT2D eigenvalue weighted by Crippen LogP contribution is 2.45. The van der Waals surface area contributed by atoms with Gasteiger partial charge in [0.25, 0.3) is 5.82 Å². The van der Waals surface area contributed by atoms with Crippen molar-refractivity contribution in [2.24, 2.45) is 0 Å². The second-order valence-electron chi connectivity index (χ2n) is 12.3. The molecule has 0 saturated heterocycles. The molecular formula is C38H42N4S+2. The Hall–Kier alpha value is -4.06. The summed E-state index contributed by atoms with van der Waals surface area (Å²) in [6.45, 7) is 5.29. The summed E-state index contributed by atoms with van der Waals surface area (Å²) in [6.07, 6.45) is 3.46. The van der Waals surface area contributed by atoms with Crippen LogP contribution in [0.5, 0.6) is 0 Å². The van der Waals surface area contributed by atoms with Gasteiger partial charge < -0.3 is 9.38 Å². The van der Waals surface area contributed by atoms with Gasteiger partial charge in [0.1, 0.15) is 17.7 Å². The first kappa shape index (κ1) is 29.0. The van der Waals surface area contributed by atoms with E-state index in [-0.39, 0.29) is 0 Å². The molecule has 5 aromatic rings. The minimum atomic E-state index is 0.967. The molecule has 0 atom stereocenters. The molecule has 0 spiro atoms. The predicted octanol–water partition coefficient (Wildman–Crippen LogP) is 8.07. The first-order valence-electron chi connectivity index (χ1n) is 15.1. The van der Waals surface area contributed by atoms with Crippen LogP contribution in [0.3, 0.4) is 0 Å². The highest BCUT2D eigenvalue weighted by Gasteiger charge is 2.26. The van der Waals surface area contributed by atoms with Gasteiger partial charge in [0, 0.05) is 35.4 Å². The molecule has 1 aromatic heterocycles. The van der Waals surface area contributed by atoms with E-state index in [2.05, 4.69) is 165 Å². The van der Waals surface area contributed by atoms with Crippen LogP contribution in [0.2, 0.25) is 0 Å². The summed E-state index contributed by atoms with van der Waals surface area (Å²) in [5.74, 6) is 1.20. The van der Waals surface area contributed by atoms with Crippen LogP contribution in [0.25, 0.3) is 22.7 Å². The average Bonchev–Trinajstić information content (AvgIpc) is 3.31. The minimum Gasteiger partial charge on any atom is -0.338 e. The number of aryl methyl sites for hydroxylation is 1. The van der Waals surface area contributed by atoms with E-state index in [0.29, 0.717) is 0 Å². The van der Waals surface area contributed by atoms with E-state index in [4.69, 9.17) is 0 Å². The summed E-state index contributed by atoms with van der Waals surface area (Å²) in [6, 6.07) is 39.5. The van der Waals surface area contributed by atoms with Gasteiger partial charge in [0.05, 0.1) is 44.9 Å². The maximum atomic E-state index is 2.44. The van der Waals surface area contributed by atoms with Gasteiger partial charge in [-0.05, 0) is 48.9 Å².